The van der Waals surface area contributed by atoms with Crippen LogP contribution in [-0.4, -0.2) is 10.9 Å². The van der Waals surface area contributed by atoms with Gasteiger partial charge in [0.25, 0.3) is 0 Å². The Morgan fingerprint density at radius 1 is 1.00 bits per heavy atom. The molecule has 1 amide bonds. The Kier molecular flexibility index (Phi) is 5.47. The number of pyridine rings is 1. The van der Waals surface area contributed by atoms with E-state index in [-0.39, 0.29) is 5.91 Å². The van der Waals surface area contributed by atoms with Gasteiger partial charge in [-0.15, -0.1) is 0 Å². The normalized spacial score (nSPS) is 12.8. The second-order valence-corrected chi connectivity index (χ2v) is 5.61. The van der Waals surface area contributed by atoms with E-state index in [1.807, 2.05) is 74.6 Å². The van der Waals surface area contributed by atoms with Crippen LogP contribution in [0.4, 0.5) is 0 Å². The van der Waals surface area contributed by atoms with E-state index in [9.17, 15) is 4.79 Å². The fourth-order valence-corrected chi connectivity index (χ4v) is 2.34. The first-order valence-electron chi connectivity index (χ1n) is 7.73. The summed E-state index contributed by atoms with van der Waals surface area (Å²) in [7, 11) is 0. The summed E-state index contributed by atoms with van der Waals surface area (Å²) in [5.41, 5.74) is 6.90. The molecule has 0 aliphatic rings. The van der Waals surface area contributed by atoms with Crippen molar-refractivity contribution in [2.24, 2.45) is 5.73 Å². The van der Waals surface area contributed by atoms with Crippen molar-refractivity contribution in [3.8, 4) is 0 Å². The molecule has 0 saturated heterocycles. The summed E-state index contributed by atoms with van der Waals surface area (Å²) in [6.07, 6.45) is 2.54. The average molecular weight is 306 g/mol. The van der Waals surface area contributed by atoms with Gasteiger partial charge >= 0.3 is 0 Å². The smallest absolute Gasteiger partial charge is 0.227 e. The molecule has 2 aromatic carbocycles. The zero-order valence-electron chi connectivity index (χ0n) is 13.6. The van der Waals surface area contributed by atoms with Crippen molar-refractivity contribution < 1.29 is 4.79 Å². The monoisotopic (exact) mass is 306 g/mol. The quantitative estimate of drug-likeness (QED) is 0.793. The number of carbonyl (C=O) groups is 1. The maximum absolute atomic E-state index is 11.3. The molecule has 1 atom stereocenters. The van der Waals surface area contributed by atoms with Gasteiger partial charge in [0, 0.05) is 11.6 Å². The summed E-state index contributed by atoms with van der Waals surface area (Å²) in [5.74, 6) is -0.263. The van der Waals surface area contributed by atoms with E-state index in [4.69, 9.17) is 5.73 Å². The minimum absolute atomic E-state index is 0.263. The fourth-order valence-electron chi connectivity index (χ4n) is 2.34. The molecule has 0 saturated carbocycles. The topological polar surface area (TPSA) is 56.0 Å². The van der Waals surface area contributed by atoms with E-state index >= 15 is 0 Å². The van der Waals surface area contributed by atoms with Gasteiger partial charge in [0.1, 0.15) is 0 Å². The highest BCUT2D eigenvalue weighted by Crippen LogP contribution is 2.26. The third kappa shape index (κ3) is 3.95. The molecule has 23 heavy (non-hydrogen) atoms. The lowest BCUT2D eigenvalue weighted by atomic mass is 9.79. The summed E-state index contributed by atoms with van der Waals surface area (Å²) in [6.45, 7) is 3.85. The molecule has 1 heterocycles. The molecule has 0 fully saturated rings. The van der Waals surface area contributed by atoms with Crippen molar-refractivity contribution in [2.45, 2.75) is 25.7 Å². The SMILES string of the molecule is CCC(C)(C(N)=O)c1ccccc1.c1ccc2ncccc2c1. The van der Waals surface area contributed by atoms with Crippen LogP contribution in [0.2, 0.25) is 0 Å². The fraction of sp³-hybridized carbons (Fsp3) is 0.200. The lowest BCUT2D eigenvalue weighted by Crippen LogP contribution is -2.37. The van der Waals surface area contributed by atoms with Crippen LogP contribution in [0.25, 0.3) is 10.9 Å². The molecular formula is C20H22N2O. The third-order valence-corrected chi connectivity index (χ3v) is 4.17. The Balaban J connectivity index is 0.000000172. The molecule has 0 spiro atoms. The Labute approximate surface area is 137 Å². The molecule has 2 N–H and O–H groups in total. The first kappa shape index (κ1) is 16.7. The highest BCUT2D eigenvalue weighted by atomic mass is 16.1. The van der Waals surface area contributed by atoms with Crippen LogP contribution in [-0.2, 0) is 10.2 Å². The minimum Gasteiger partial charge on any atom is -0.369 e. The second-order valence-electron chi connectivity index (χ2n) is 5.61. The number of amides is 1. The molecular weight excluding hydrogens is 284 g/mol. The number of hydrogen-bond donors (Lipinski definition) is 1. The maximum Gasteiger partial charge on any atom is 0.227 e. The Bertz CT molecular complexity index is 705. The molecule has 0 aliphatic carbocycles. The number of benzene rings is 2. The number of rotatable bonds is 3. The molecule has 0 aliphatic heterocycles. The number of fused-ring (bicyclic) bond motifs is 1. The van der Waals surface area contributed by atoms with Crippen LogP contribution in [0.15, 0.2) is 72.9 Å². The van der Waals surface area contributed by atoms with Crippen LogP contribution in [0.3, 0.4) is 0 Å². The summed E-state index contributed by atoms with van der Waals surface area (Å²) in [6, 6.07) is 21.7. The molecule has 0 radical (unpaired) electrons. The number of primary amides is 1. The molecule has 1 aromatic heterocycles. The van der Waals surface area contributed by atoms with Gasteiger partial charge in [0.2, 0.25) is 5.91 Å². The van der Waals surface area contributed by atoms with Gasteiger partial charge in [0.05, 0.1) is 10.9 Å². The largest absolute Gasteiger partial charge is 0.369 e. The molecule has 1 unspecified atom stereocenters. The van der Waals surface area contributed by atoms with Crippen LogP contribution < -0.4 is 5.73 Å². The summed E-state index contributed by atoms with van der Waals surface area (Å²) in [5, 5.41) is 1.20. The van der Waals surface area contributed by atoms with Gasteiger partial charge < -0.3 is 5.73 Å². The van der Waals surface area contributed by atoms with Gasteiger partial charge in [0.15, 0.2) is 0 Å². The lowest BCUT2D eigenvalue weighted by Gasteiger charge is -2.24. The Morgan fingerprint density at radius 3 is 2.22 bits per heavy atom. The minimum atomic E-state index is -0.527. The third-order valence-electron chi connectivity index (χ3n) is 4.17. The average Bonchev–Trinajstić information content (AvgIpc) is 2.62. The van der Waals surface area contributed by atoms with Gasteiger partial charge in [-0.3, -0.25) is 9.78 Å². The molecule has 118 valence electrons. The summed E-state index contributed by atoms with van der Waals surface area (Å²) in [4.78, 5) is 15.5. The van der Waals surface area contributed by atoms with E-state index in [1.165, 1.54) is 5.39 Å². The van der Waals surface area contributed by atoms with Crippen LogP contribution in [0.5, 0.6) is 0 Å². The van der Waals surface area contributed by atoms with Gasteiger partial charge in [-0.1, -0.05) is 61.5 Å². The van der Waals surface area contributed by atoms with E-state index in [2.05, 4.69) is 17.1 Å². The van der Waals surface area contributed by atoms with Crippen LogP contribution in [0.1, 0.15) is 25.8 Å². The van der Waals surface area contributed by atoms with Crippen molar-refractivity contribution >= 4 is 16.8 Å². The number of nitrogens with two attached hydrogens (primary N) is 1. The first-order valence-corrected chi connectivity index (χ1v) is 7.73. The standard InChI is InChI=1S/C11H15NO.C9H7N/c1-3-11(2,10(12)13)9-7-5-4-6-8-9;1-2-6-9-8(4-1)5-3-7-10-9/h4-8H,3H2,1-2H3,(H2,12,13);1-7H. The van der Waals surface area contributed by atoms with Crippen LogP contribution >= 0.6 is 0 Å². The van der Waals surface area contributed by atoms with Crippen molar-refractivity contribution in [3.05, 3.63) is 78.5 Å². The maximum atomic E-state index is 11.3. The zero-order chi connectivity index (χ0) is 16.7. The molecule has 3 nitrogen and oxygen atoms in total. The predicted octanol–water partition coefficient (Wildman–Crippen LogP) is 4.07. The van der Waals surface area contributed by atoms with E-state index < -0.39 is 5.41 Å². The lowest BCUT2D eigenvalue weighted by molar-refractivity contribution is -0.123. The molecule has 3 rings (SSSR count). The molecule has 0 bridgehead atoms. The van der Waals surface area contributed by atoms with E-state index in [0.29, 0.717) is 0 Å². The number of carbonyl (C=O) groups excluding carboxylic acids is 1. The van der Waals surface area contributed by atoms with Crippen molar-refractivity contribution in [1.29, 1.82) is 0 Å². The zero-order valence-corrected chi connectivity index (χ0v) is 13.6. The molecule has 3 aromatic rings. The van der Waals surface area contributed by atoms with Crippen molar-refractivity contribution in [3.63, 3.8) is 0 Å². The van der Waals surface area contributed by atoms with E-state index in [1.54, 1.807) is 0 Å². The van der Waals surface area contributed by atoms with Crippen LogP contribution in [0, 0.1) is 0 Å². The number of hydrogen-bond acceptors (Lipinski definition) is 2. The Morgan fingerprint density at radius 2 is 1.61 bits per heavy atom. The van der Waals surface area contributed by atoms with Crippen molar-refractivity contribution in [2.75, 3.05) is 0 Å². The number of para-hydroxylation sites is 1. The second kappa shape index (κ2) is 7.54. The van der Waals surface area contributed by atoms with Gasteiger partial charge in [-0.2, -0.15) is 0 Å². The first-order chi connectivity index (χ1) is 11.1. The predicted molar refractivity (Wildman–Crippen MR) is 95.0 cm³/mol. The van der Waals surface area contributed by atoms with Gasteiger partial charge in [-0.05, 0) is 31.0 Å². The van der Waals surface area contributed by atoms with E-state index in [0.717, 1.165) is 17.5 Å². The summed E-state index contributed by atoms with van der Waals surface area (Å²) < 4.78 is 0. The van der Waals surface area contributed by atoms with Crippen molar-refractivity contribution in [1.82, 2.24) is 4.98 Å². The molecule has 3 heteroatoms. The highest BCUT2D eigenvalue weighted by Gasteiger charge is 2.30. The Hall–Kier alpha value is -2.68. The summed E-state index contributed by atoms with van der Waals surface area (Å²) >= 11 is 0. The van der Waals surface area contributed by atoms with Gasteiger partial charge in [-0.25, -0.2) is 0 Å². The number of aromatic nitrogens is 1. The number of nitrogens with zero attached hydrogens (tertiary/aromatic N) is 1. The highest BCUT2D eigenvalue weighted by molar-refractivity contribution is 5.86.